The zero-order chi connectivity index (χ0) is 42.8. The highest BCUT2D eigenvalue weighted by Crippen LogP contribution is 2.41. The van der Waals surface area contributed by atoms with Gasteiger partial charge in [-0.2, -0.15) is 0 Å². The average molecular weight is 857 g/mol. The molecule has 0 spiro atoms. The lowest BCUT2D eigenvalue weighted by Gasteiger charge is -2.37. The smallest absolute Gasteiger partial charge is 0.326 e. The molecular weight excluding hydrogens is 813 g/mol. The van der Waals surface area contributed by atoms with Crippen molar-refractivity contribution in [3.63, 3.8) is 0 Å². The Morgan fingerprint density at radius 2 is 1.57 bits per heavy atom. The van der Waals surface area contributed by atoms with Gasteiger partial charge in [0.15, 0.2) is 17.6 Å². The summed E-state index contributed by atoms with van der Waals surface area (Å²) in [6, 6.07) is 31.2. The van der Waals surface area contributed by atoms with Crippen LogP contribution in [0.1, 0.15) is 61.1 Å². The molecule has 6 aromatic rings. The molecule has 2 aliphatic heterocycles. The molecule has 310 valence electrons. The molecule has 1 unspecified atom stereocenters. The van der Waals surface area contributed by atoms with Crippen molar-refractivity contribution in [1.29, 1.82) is 0 Å². The van der Waals surface area contributed by atoms with Gasteiger partial charge in [0.25, 0.3) is 5.91 Å². The van der Waals surface area contributed by atoms with Gasteiger partial charge in [0, 0.05) is 36.8 Å². The SMILES string of the molecule is Cc1ccc(C(=O)N2Cc3cc4c(cc3C[C@H]2C(=O)NC(Cc2ccc(-c3ccnc(C)c3C)cc2)C(=O)O)OC[C@H](c2ccc(OCc3ccc(Cl)c(Cl)c3)cc2)O4)cc1. The largest absolute Gasteiger partial charge is 0.489 e. The van der Waals surface area contributed by atoms with Gasteiger partial charge in [-0.1, -0.05) is 83.4 Å². The van der Waals surface area contributed by atoms with E-state index in [4.69, 9.17) is 37.4 Å². The Kier molecular flexibility index (Phi) is 12.0. The van der Waals surface area contributed by atoms with Gasteiger partial charge in [-0.3, -0.25) is 14.6 Å². The van der Waals surface area contributed by atoms with E-state index in [-0.39, 0.29) is 31.9 Å². The summed E-state index contributed by atoms with van der Waals surface area (Å²) in [6.07, 6.45) is 1.56. The van der Waals surface area contributed by atoms with Crippen molar-refractivity contribution in [3.8, 4) is 28.4 Å². The predicted molar refractivity (Wildman–Crippen MR) is 234 cm³/mol. The molecule has 10 nitrogen and oxygen atoms in total. The van der Waals surface area contributed by atoms with Gasteiger partial charge in [-0.05, 0) is 120 Å². The Labute approximate surface area is 364 Å². The fraction of sp³-hybridized carbons (Fsp3) is 0.224. The molecule has 8 rings (SSSR count). The first-order chi connectivity index (χ1) is 29.4. The lowest BCUT2D eigenvalue weighted by Crippen LogP contribution is -2.56. The van der Waals surface area contributed by atoms with Crippen molar-refractivity contribution in [2.45, 2.75) is 65.0 Å². The number of amides is 2. The Hall–Kier alpha value is -6.36. The summed E-state index contributed by atoms with van der Waals surface area (Å²) in [5.41, 5.74) is 9.58. The van der Waals surface area contributed by atoms with Crippen LogP contribution in [0.15, 0.2) is 115 Å². The zero-order valence-electron chi connectivity index (χ0n) is 33.8. The third-order valence-electron chi connectivity index (χ3n) is 11.3. The topological polar surface area (TPSA) is 127 Å². The van der Waals surface area contributed by atoms with Crippen molar-refractivity contribution in [2.24, 2.45) is 0 Å². The molecule has 12 heteroatoms. The maximum atomic E-state index is 14.2. The predicted octanol–water partition coefficient (Wildman–Crippen LogP) is 9.45. The quantitative estimate of drug-likeness (QED) is 0.132. The summed E-state index contributed by atoms with van der Waals surface area (Å²) in [5.74, 6) is -0.357. The van der Waals surface area contributed by atoms with E-state index in [0.717, 1.165) is 55.8 Å². The molecule has 61 heavy (non-hydrogen) atoms. The van der Waals surface area contributed by atoms with Crippen molar-refractivity contribution in [1.82, 2.24) is 15.2 Å². The fourth-order valence-electron chi connectivity index (χ4n) is 7.68. The summed E-state index contributed by atoms with van der Waals surface area (Å²) >= 11 is 12.2. The maximum absolute atomic E-state index is 14.2. The second-order valence-corrected chi connectivity index (χ2v) is 16.3. The zero-order valence-corrected chi connectivity index (χ0v) is 35.3. The standard InChI is InChI=1S/C49H43Cl2N3O7/c1-28-4-9-35(10-5-28)48(56)54-25-37-24-45-44(60-27-46(61-45)34-13-15-38(16-14-34)59-26-32-8-17-40(50)41(51)20-32)23-36(37)22-43(54)47(55)53-42(49(57)58)21-31-6-11-33(12-7-31)39-18-19-52-30(3)29(39)2/h4-20,23-24,42-43,46H,21-22,25-27H2,1-3H3,(H,53,55)(H,57,58)/t42?,43-,46+/m0/s1. The molecule has 3 heterocycles. The van der Waals surface area contributed by atoms with Crippen molar-refractivity contribution < 1.29 is 33.7 Å². The normalized spacial score (nSPS) is 16.0. The van der Waals surface area contributed by atoms with Crippen molar-refractivity contribution in [2.75, 3.05) is 6.61 Å². The van der Waals surface area contributed by atoms with Gasteiger partial charge in [0.2, 0.25) is 5.91 Å². The molecule has 0 aliphatic carbocycles. The molecule has 2 N–H and O–H groups in total. The first kappa shape index (κ1) is 41.4. The Morgan fingerprint density at radius 1 is 0.852 bits per heavy atom. The highest BCUT2D eigenvalue weighted by atomic mass is 35.5. The van der Waals surface area contributed by atoms with Gasteiger partial charge >= 0.3 is 5.97 Å². The molecule has 1 aromatic heterocycles. The minimum atomic E-state index is -1.23. The highest BCUT2D eigenvalue weighted by molar-refractivity contribution is 6.42. The number of rotatable bonds is 11. The highest BCUT2D eigenvalue weighted by Gasteiger charge is 2.38. The number of pyridine rings is 1. The molecule has 3 atom stereocenters. The summed E-state index contributed by atoms with van der Waals surface area (Å²) < 4.78 is 18.7. The van der Waals surface area contributed by atoms with Crippen LogP contribution in [0.2, 0.25) is 10.0 Å². The number of carboxylic acids is 1. The number of nitrogens with zero attached hydrogens (tertiary/aromatic N) is 2. The number of hydrogen-bond acceptors (Lipinski definition) is 7. The van der Waals surface area contributed by atoms with E-state index < -0.39 is 30.1 Å². The Balaban J connectivity index is 0.989. The fourth-order valence-corrected chi connectivity index (χ4v) is 8.00. The van der Waals surface area contributed by atoms with Crippen LogP contribution < -0.4 is 19.5 Å². The minimum Gasteiger partial charge on any atom is -0.489 e. The minimum absolute atomic E-state index is 0.0548. The van der Waals surface area contributed by atoms with E-state index in [1.807, 2.05) is 106 Å². The van der Waals surface area contributed by atoms with Gasteiger partial charge < -0.3 is 29.5 Å². The number of carboxylic acid groups (broad SMARTS) is 1. The maximum Gasteiger partial charge on any atom is 0.326 e. The van der Waals surface area contributed by atoms with E-state index in [9.17, 15) is 19.5 Å². The average Bonchev–Trinajstić information content (AvgIpc) is 3.26. The van der Waals surface area contributed by atoms with Gasteiger partial charge in [-0.25, -0.2) is 4.79 Å². The molecule has 0 radical (unpaired) electrons. The Morgan fingerprint density at radius 3 is 2.30 bits per heavy atom. The number of carbonyl (C=O) groups is 3. The number of aryl methyl sites for hydroxylation is 2. The van der Waals surface area contributed by atoms with Crippen LogP contribution in [0.25, 0.3) is 11.1 Å². The molecular formula is C49H43Cl2N3O7. The number of carbonyl (C=O) groups excluding carboxylic acids is 2. The van der Waals surface area contributed by atoms with Gasteiger partial charge in [-0.15, -0.1) is 0 Å². The monoisotopic (exact) mass is 855 g/mol. The molecule has 2 amide bonds. The van der Waals surface area contributed by atoms with Crippen LogP contribution in [0, 0.1) is 20.8 Å². The number of benzene rings is 5. The van der Waals surface area contributed by atoms with Crippen LogP contribution >= 0.6 is 23.2 Å². The van der Waals surface area contributed by atoms with E-state index in [2.05, 4.69) is 10.3 Å². The molecule has 0 saturated carbocycles. The Bertz CT molecular complexity index is 2620. The van der Waals surface area contributed by atoms with Crippen LogP contribution in [-0.4, -0.2) is 51.5 Å². The van der Waals surface area contributed by atoms with Gasteiger partial charge in [0.05, 0.1) is 10.0 Å². The van der Waals surface area contributed by atoms with E-state index in [1.165, 1.54) is 4.90 Å². The van der Waals surface area contributed by atoms with Crippen LogP contribution in [0.5, 0.6) is 17.2 Å². The number of hydrogen-bond donors (Lipinski definition) is 2. The first-order valence-corrected chi connectivity index (χ1v) is 20.7. The summed E-state index contributed by atoms with van der Waals surface area (Å²) in [6.45, 7) is 6.58. The van der Waals surface area contributed by atoms with Crippen LogP contribution in [0.4, 0.5) is 0 Å². The molecule has 0 bridgehead atoms. The molecule has 0 saturated heterocycles. The van der Waals surface area contributed by atoms with Crippen molar-refractivity contribution >= 4 is 41.0 Å². The third kappa shape index (κ3) is 9.21. The first-order valence-electron chi connectivity index (χ1n) is 19.9. The van der Waals surface area contributed by atoms with Crippen LogP contribution in [0.3, 0.4) is 0 Å². The van der Waals surface area contributed by atoms with Crippen molar-refractivity contribution in [3.05, 3.63) is 176 Å². The second-order valence-electron chi connectivity index (χ2n) is 15.5. The third-order valence-corrected chi connectivity index (χ3v) is 12.1. The van der Waals surface area contributed by atoms with Crippen LogP contribution in [-0.2, 0) is 35.6 Å². The number of aromatic nitrogens is 1. The lowest BCUT2D eigenvalue weighted by molar-refractivity contribution is -0.142. The number of aliphatic carboxylic acids is 1. The van der Waals surface area contributed by atoms with Gasteiger partial charge in [0.1, 0.15) is 31.0 Å². The molecule has 5 aromatic carbocycles. The van der Waals surface area contributed by atoms with E-state index in [0.29, 0.717) is 39.5 Å². The summed E-state index contributed by atoms with van der Waals surface area (Å²) in [4.78, 5) is 46.9. The summed E-state index contributed by atoms with van der Waals surface area (Å²) in [7, 11) is 0. The number of fused-ring (bicyclic) bond motifs is 2. The van der Waals surface area contributed by atoms with E-state index in [1.54, 1.807) is 30.5 Å². The molecule has 0 fully saturated rings. The van der Waals surface area contributed by atoms with E-state index >= 15 is 0 Å². The summed E-state index contributed by atoms with van der Waals surface area (Å²) in [5, 5.41) is 14.0. The number of halogens is 2. The number of nitrogens with one attached hydrogen (secondary N) is 1. The second kappa shape index (κ2) is 17.7. The lowest BCUT2D eigenvalue weighted by atomic mass is 9.91. The molecule has 2 aliphatic rings. The number of ether oxygens (including phenoxy) is 3.